The number of aromatic nitrogens is 6. The van der Waals surface area contributed by atoms with Gasteiger partial charge >= 0.3 is 0 Å². The Hall–Kier alpha value is -2.64. The summed E-state index contributed by atoms with van der Waals surface area (Å²) in [6.07, 6.45) is 4.51. The fourth-order valence-electron chi connectivity index (χ4n) is 2.19. The van der Waals surface area contributed by atoms with E-state index in [0.29, 0.717) is 17.4 Å². The minimum atomic E-state index is 0.568. The van der Waals surface area contributed by atoms with Gasteiger partial charge in [-0.25, -0.2) is 0 Å². The summed E-state index contributed by atoms with van der Waals surface area (Å²) in [5, 5.41) is 18.6. The van der Waals surface area contributed by atoms with Gasteiger partial charge in [0.25, 0.3) is 0 Å². The maximum absolute atomic E-state index is 4.51. The van der Waals surface area contributed by atoms with E-state index in [-0.39, 0.29) is 0 Å². The van der Waals surface area contributed by atoms with E-state index in [1.54, 1.807) is 10.9 Å². The van der Waals surface area contributed by atoms with Crippen molar-refractivity contribution in [2.24, 2.45) is 7.05 Å². The Morgan fingerprint density at radius 1 is 1.29 bits per heavy atom. The largest absolute Gasteiger partial charge is 0.354 e. The third kappa shape index (κ3) is 2.51. The molecule has 0 atom stereocenters. The lowest BCUT2D eigenvalue weighted by Gasteiger charge is -2.08. The first-order valence-corrected chi connectivity index (χ1v) is 6.95. The average Bonchev–Trinajstić information content (AvgIpc) is 3.05. The van der Waals surface area contributed by atoms with Crippen LogP contribution in [0, 0.1) is 0 Å². The summed E-state index contributed by atoms with van der Waals surface area (Å²) in [4.78, 5) is 8.89. The van der Waals surface area contributed by atoms with Crippen LogP contribution < -0.4 is 10.6 Å². The molecule has 0 fully saturated rings. The summed E-state index contributed by atoms with van der Waals surface area (Å²) in [7, 11) is 1.90. The Morgan fingerprint density at radius 2 is 2.14 bits per heavy atom. The Kier molecular flexibility index (Phi) is 3.43. The van der Waals surface area contributed by atoms with E-state index in [0.717, 1.165) is 29.7 Å². The van der Waals surface area contributed by atoms with Gasteiger partial charge < -0.3 is 10.6 Å². The molecule has 0 aliphatic rings. The van der Waals surface area contributed by atoms with Gasteiger partial charge in [0.1, 0.15) is 5.82 Å². The standard InChI is InChI=1S/C13H18N8/c1-4-9-10(7-21(3)20-9)16-11-8-6-15-19-12(8)18-13(17-11)14-5-2/h6-7H,4-5H2,1-3H3,(H3,14,15,16,17,18,19). The molecule has 8 nitrogen and oxygen atoms in total. The minimum absolute atomic E-state index is 0.568. The topological polar surface area (TPSA) is 96.3 Å². The van der Waals surface area contributed by atoms with Crippen molar-refractivity contribution in [3.8, 4) is 0 Å². The van der Waals surface area contributed by atoms with E-state index >= 15 is 0 Å². The maximum atomic E-state index is 4.51. The smallest absolute Gasteiger partial charge is 0.226 e. The van der Waals surface area contributed by atoms with E-state index in [1.165, 1.54) is 0 Å². The van der Waals surface area contributed by atoms with Crippen molar-refractivity contribution in [3.05, 3.63) is 18.1 Å². The van der Waals surface area contributed by atoms with Crippen molar-refractivity contribution in [2.45, 2.75) is 20.3 Å². The summed E-state index contributed by atoms with van der Waals surface area (Å²) in [5.41, 5.74) is 2.65. The van der Waals surface area contributed by atoms with E-state index in [9.17, 15) is 0 Å². The second-order valence-corrected chi connectivity index (χ2v) is 4.70. The quantitative estimate of drug-likeness (QED) is 0.662. The number of H-pyrrole nitrogens is 1. The average molecular weight is 286 g/mol. The van der Waals surface area contributed by atoms with Crippen molar-refractivity contribution in [1.29, 1.82) is 0 Å². The number of hydrogen-bond donors (Lipinski definition) is 3. The third-order valence-electron chi connectivity index (χ3n) is 3.14. The Balaban J connectivity index is 2.04. The number of fused-ring (bicyclic) bond motifs is 1. The van der Waals surface area contributed by atoms with Crippen molar-refractivity contribution in [3.63, 3.8) is 0 Å². The predicted octanol–water partition coefficient (Wildman–Crippen LogP) is 1.82. The third-order valence-corrected chi connectivity index (χ3v) is 3.14. The van der Waals surface area contributed by atoms with Crippen molar-refractivity contribution < 1.29 is 0 Å². The van der Waals surface area contributed by atoms with Gasteiger partial charge in [-0.2, -0.15) is 20.2 Å². The van der Waals surface area contributed by atoms with Crippen LogP contribution in [-0.2, 0) is 13.5 Å². The molecule has 0 aromatic carbocycles. The second kappa shape index (κ2) is 5.39. The number of nitrogens with zero attached hydrogens (tertiary/aromatic N) is 5. The zero-order chi connectivity index (χ0) is 14.8. The van der Waals surface area contributed by atoms with Crippen LogP contribution in [0.1, 0.15) is 19.5 Å². The lowest BCUT2D eigenvalue weighted by molar-refractivity contribution is 0.746. The first-order chi connectivity index (χ1) is 10.2. The van der Waals surface area contributed by atoms with Gasteiger partial charge in [-0.05, 0) is 13.3 Å². The number of anilines is 3. The molecule has 0 spiro atoms. The molecule has 0 bridgehead atoms. The van der Waals surface area contributed by atoms with Gasteiger partial charge in [-0.15, -0.1) is 0 Å². The lowest BCUT2D eigenvalue weighted by atomic mass is 10.3. The van der Waals surface area contributed by atoms with Crippen LogP contribution >= 0.6 is 0 Å². The monoisotopic (exact) mass is 286 g/mol. The fourth-order valence-corrected chi connectivity index (χ4v) is 2.19. The molecule has 3 aromatic heterocycles. The summed E-state index contributed by atoms with van der Waals surface area (Å²) >= 11 is 0. The molecule has 21 heavy (non-hydrogen) atoms. The van der Waals surface area contributed by atoms with Crippen LogP contribution in [0.5, 0.6) is 0 Å². The van der Waals surface area contributed by atoms with Crippen LogP contribution in [0.2, 0.25) is 0 Å². The van der Waals surface area contributed by atoms with Crippen LogP contribution in [0.3, 0.4) is 0 Å². The Bertz CT molecular complexity index is 757. The van der Waals surface area contributed by atoms with Gasteiger partial charge in [0.2, 0.25) is 5.95 Å². The molecule has 0 saturated heterocycles. The molecule has 3 rings (SSSR count). The predicted molar refractivity (Wildman–Crippen MR) is 81.7 cm³/mol. The van der Waals surface area contributed by atoms with E-state index in [4.69, 9.17) is 0 Å². The highest BCUT2D eigenvalue weighted by Gasteiger charge is 2.12. The van der Waals surface area contributed by atoms with Crippen LogP contribution in [0.25, 0.3) is 11.0 Å². The molecule has 110 valence electrons. The first-order valence-electron chi connectivity index (χ1n) is 6.95. The highest BCUT2D eigenvalue weighted by atomic mass is 15.3. The van der Waals surface area contributed by atoms with Crippen molar-refractivity contribution in [2.75, 3.05) is 17.2 Å². The van der Waals surface area contributed by atoms with Gasteiger partial charge in [-0.3, -0.25) is 9.78 Å². The molecule has 0 aliphatic carbocycles. The summed E-state index contributed by atoms with van der Waals surface area (Å²) in [6, 6.07) is 0. The maximum Gasteiger partial charge on any atom is 0.226 e. The first kappa shape index (κ1) is 13.3. The van der Waals surface area contributed by atoms with Crippen LogP contribution in [0.15, 0.2) is 12.4 Å². The van der Waals surface area contributed by atoms with Gasteiger partial charge in [0, 0.05) is 19.8 Å². The number of rotatable bonds is 5. The van der Waals surface area contributed by atoms with Gasteiger partial charge in [0.15, 0.2) is 5.65 Å². The normalized spacial score (nSPS) is 11.0. The Labute approximate surface area is 122 Å². The highest BCUT2D eigenvalue weighted by molar-refractivity contribution is 5.89. The molecule has 0 amide bonds. The van der Waals surface area contributed by atoms with Crippen molar-refractivity contribution >= 4 is 28.5 Å². The van der Waals surface area contributed by atoms with Crippen LogP contribution in [-0.4, -0.2) is 36.5 Å². The molecular weight excluding hydrogens is 268 g/mol. The molecule has 8 heteroatoms. The van der Waals surface area contributed by atoms with Crippen molar-refractivity contribution in [1.82, 2.24) is 29.9 Å². The van der Waals surface area contributed by atoms with Crippen LogP contribution in [0.4, 0.5) is 17.5 Å². The zero-order valence-corrected chi connectivity index (χ0v) is 12.3. The molecule has 0 saturated carbocycles. The van der Waals surface area contributed by atoms with E-state index < -0.39 is 0 Å². The Morgan fingerprint density at radius 3 is 2.90 bits per heavy atom. The summed E-state index contributed by atoms with van der Waals surface area (Å²) < 4.78 is 1.79. The molecular formula is C13H18N8. The molecule has 3 aromatic rings. The van der Waals surface area contributed by atoms with Gasteiger partial charge in [-0.1, -0.05) is 6.92 Å². The number of hydrogen-bond acceptors (Lipinski definition) is 6. The van der Waals surface area contributed by atoms with Gasteiger partial charge in [0.05, 0.1) is 23.0 Å². The lowest BCUT2D eigenvalue weighted by Crippen LogP contribution is -2.05. The SMILES string of the molecule is CCNc1nc(Nc2cn(C)nc2CC)c2cn[nH]c2n1. The minimum Gasteiger partial charge on any atom is -0.354 e. The summed E-state index contributed by atoms with van der Waals surface area (Å²) in [5.74, 6) is 1.28. The number of aryl methyl sites for hydroxylation is 2. The molecule has 3 heterocycles. The highest BCUT2D eigenvalue weighted by Crippen LogP contribution is 2.25. The second-order valence-electron chi connectivity index (χ2n) is 4.70. The van der Waals surface area contributed by atoms with E-state index in [1.807, 2.05) is 20.2 Å². The summed E-state index contributed by atoms with van der Waals surface area (Å²) in [6.45, 7) is 4.83. The zero-order valence-electron chi connectivity index (χ0n) is 12.3. The van der Waals surface area contributed by atoms with E-state index in [2.05, 4.69) is 42.8 Å². The molecule has 0 radical (unpaired) electrons. The molecule has 3 N–H and O–H groups in total. The molecule has 0 aliphatic heterocycles. The number of aromatic amines is 1. The fraction of sp³-hybridized carbons (Fsp3) is 0.385. The molecule has 0 unspecified atom stereocenters. The number of nitrogens with one attached hydrogen (secondary N) is 3.